The van der Waals surface area contributed by atoms with E-state index in [-0.39, 0.29) is 24.4 Å². The van der Waals surface area contributed by atoms with Gasteiger partial charge in [0.05, 0.1) is 5.41 Å². The summed E-state index contributed by atoms with van der Waals surface area (Å²) in [5.41, 5.74) is -0.916. The molecule has 0 unspecified atom stereocenters. The average Bonchev–Trinajstić information content (AvgIpc) is 3.21. The molecule has 0 aromatic rings. The molecule has 0 spiro atoms. The Morgan fingerprint density at radius 2 is 1.58 bits per heavy atom. The number of likely N-dealkylation sites (tertiary alicyclic amines) is 2. The highest BCUT2D eigenvalue weighted by Crippen LogP contribution is 2.30. The topological polar surface area (TPSA) is 99.2 Å². The Morgan fingerprint density at radius 1 is 1.00 bits per heavy atom. The van der Waals surface area contributed by atoms with Crippen LogP contribution in [0.4, 0.5) is 4.79 Å². The molecule has 3 heterocycles. The van der Waals surface area contributed by atoms with E-state index in [1.54, 1.807) is 0 Å². The van der Waals surface area contributed by atoms with Crippen molar-refractivity contribution in [1.29, 1.82) is 0 Å². The molecule has 3 amide bonds. The van der Waals surface area contributed by atoms with E-state index >= 15 is 0 Å². The fourth-order valence-electron chi connectivity index (χ4n) is 4.07. The molecule has 8 nitrogen and oxygen atoms in total. The highest BCUT2D eigenvalue weighted by atomic mass is 16.5. The van der Waals surface area contributed by atoms with Crippen molar-refractivity contribution in [3.05, 3.63) is 0 Å². The number of hydrogen-bond donors (Lipinski definition) is 2. The van der Waals surface area contributed by atoms with Gasteiger partial charge >= 0.3 is 12.0 Å². The first-order valence-electron chi connectivity index (χ1n) is 9.64. The van der Waals surface area contributed by atoms with E-state index in [1.165, 1.54) is 0 Å². The van der Waals surface area contributed by atoms with Gasteiger partial charge in [0.1, 0.15) is 0 Å². The second-order valence-corrected chi connectivity index (χ2v) is 7.65. The first-order chi connectivity index (χ1) is 12.5. The molecule has 3 rings (SSSR count). The summed E-state index contributed by atoms with van der Waals surface area (Å²) in [4.78, 5) is 40.3. The minimum Gasteiger partial charge on any atom is -0.481 e. The maximum atomic E-state index is 12.5. The van der Waals surface area contributed by atoms with Crippen LogP contribution >= 0.6 is 0 Å². The third-order valence-corrected chi connectivity index (χ3v) is 6.02. The van der Waals surface area contributed by atoms with Crippen LogP contribution in [0.3, 0.4) is 0 Å². The standard InChI is InChI=1S/C18H29N3O5/c22-15(19-13-18(16(23)24)5-11-26-12-6-18)14-3-9-21(10-4-14)17(25)20-7-1-2-8-20/h14H,1-13H2,(H,19,22)(H,23,24). The van der Waals surface area contributed by atoms with E-state index in [4.69, 9.17) is 4.74 Å². The van der Waals surface area contributed by atoms with Gasteiger partial charge in [-0.3, -0.25) is 9.59 Å². The molecule has 0 saturated carbocycles. The van der Waals surface area contributed by atoms with Gasteiger partial charge < -0.3 is 25.0 Å². The number of hydrogen-bond acceptors (Lipinski definition) is 4. The van der Waals surface area contributed by atoms with Crippen LogP contribution in [0.15, 0.2) is 0 Å². The summed E-state index contributed by atoms with van der Waals surface area (Å²) in [6.07, 6.45) is 4.25. The number of ether oxygens (including phenoxy) is 1. The quantitative estimate of drug-likeness (QED) is 0.769. The van der Waals surface area contributed by atoms with Gasteiger partial charge in [-0.2, -0.15) is 0 Å². The van der Waals surface area contributed by atoms with Crippen LogP contribution in [-0.2, 0) is 14.3 Å². The maximum Gasteiger partial charge on any atom is 0.319 e. The van der Waals surface area contributed by atoms with Crippen LogP contribution in [0.5, 0.6) is 0 Å². The number of rotatable bonds is 4. The second-order valence-electron chi connectivity index (χ2n) is 7.65. The van der Waals surface area contributed by atoms with Crippen molar-refractivity contribution >= 4 is 17.9 Å². The Bertz CT molecular complexity index is 533. The van der Waals surface area contributed by atoms with E-state index in [0.29, 0.717) is 52.0 Å². The molecule has 3 aliphatic rings. The Balaban J connectivity index is 1.46. The van der Waals surface area contributed by atoms with E-state index in [2.05, 4.69) is 5.32 Å². The molecular formula is C18H29N3O5. The Kier molecular flexibility index (Phi) is 6.01. The van der Waals surface area contributed by atoms with Crippen molar-refractivity contribution < 1.29 is 24.2 Å². The number of carbonyl (C=O) groups is 3. The Labute approximate surface area is 153 Å². The predicted molar refractivity (Wildman–Crippen MR) is 93.6 cm³/mol. The molecule has 3 saturated heterocycles. The number of carbonyl (C=O) groups excluding carboxylic acids is 2. The molecule has 3 aliphatic heterocycles. The van der Waals surface area contributed by atoms with Crippen LogP contribution in [-0.4, -0.2) is 78.8 Å². The summed E-state index contributed by atoms with van der Waals surface area (Å²) in [5, 5.41) is 12.4. The van der Waals surface area contributed by atoms with Crippen molar-refractivity contribution in [1.82, 2.24) is 15.1 Å². The lowest BCUT2D eigenvalue weighted by Crippen LogP contribution is -2.50. The fourth-order valence-corrected chi connectivity index (χ4v) is 4.07. The zero-order valence-electron chi connectivity index (χ0n) is 15.2. The molecular weight excluding hydrogens is 338 g/mol. The van der Waals surface area contributed by atoms with E-state index in [0.717, 1.165) is 25.9 Å². The summed E-state index contributed by atoms with van der Waals surface area (Å²) in [7, 11) is 0. The van der Waals surface area contributed by atoms with Gasteiger partial charge in [-0.15, -0.1) is 0 Å². The predicted octanol–water partition coefficient (Wildman–Crippen LogP) is 0.912. The third-order valence-electron chi connectivity index (χ3n) is 6.02. The molecule has 2 N–H and O–H groups in total. The number of nitrogens with one attached hydrogen (secondary N) is 1. The summed E-state index contributed by atoms with van der Waals surface area (Å²) < 4.78 is 5.26. The van der Waals surface area contributed by atoms with Crippen LogP contribution in [0.2, 0.25) is 0 Å². The zero-order valence-corrected chi connectivity index (χ0v) is 15.2. The number of aliphatic carboxylic acids is 1. The molecule has 0 atom stereocenters. The highest BCUT2D eigenvalue weighted by Gasteiger charge is 2.41. The molecule has 0 aromatic carbocycles. The highest BCUT2D eigenvalue weighted by molar-refractivity contribution is 5.81. The molecule has 0 bridgehead atoms. The van der Waals surface area contributed by atoms with Gasteiger partial charge in [-0.05, 0) is 38.5 Å². The van der Waals surface area contributed by atoms with E-state index in [1.807, 2.05) is 9.80 Å². The number of piperidine rings is 1. The van der Waals surface area contributed by atoms with Crippen molar-refractivity contribution in [3.63, 3.8) is 0 Å². The Morgan fingerprint density at radius 3 is 2.15 bits per heavy atom. The van der Waals surface area contributed by atoms with Crippen LogP contribution in [0, 0.1) is 11.3 Å². The van der Waals surface area contributed by atoms with Crippen LogP contribution in [0.1, 0.15) is 38.5 Å². The number of carboxylic acid groups (broad SMARTS) is 1. The normalized spacial score (nSPS) is 23.7. The summed E-state index contributed by atoms with van der Waals surface area (Å²) >= 11 is 0. The second kappa shape index (κ2) is 8.24. The molecule has 8 heteroatoms. The van der Waals surface area contributed by atoms with Gasteiger partial charge in [-0.25, -0.2) is 4.79 Å². The lowest BCUT2D eigenvalue weighted by Gasteiger charge is -2.36. The third kappa shape index (κ3) is 4.11. The van der Waals surface area contributed by atoms with Gasteiger partial charge in [0.25, 0.3) is 0 Å². The molecule has 3 fully saturated rings. The van der Waals surface area contributed by atoms with Crippen molar-refractivity contribution in [2.45, 2.75) is 38.5 Å². The van der Waals surface area contributed by atoms with Gasteiger partial charge in [0.15, 0.2) is 0 Å². The molecule has 146 valence electrons. The lowest BCUT2D eigenvalue weighted by atomic mass is 9.80. The molecule has 0 aliphatic carbocycles. The largest absolute Gasteiger partial charge is 0.481 e. The molecule has 26 heavy (non-hydrogen) atoms. The molecule has 0 radical (unpaired) electrons. The number of nitrogens with zero attached hydrogens (tertiary/aromatic N) is 2. The summed E-state index contributed by atoms with van der Waals surface area (Å²) in [6, 6.07) is 0.0911. The number of carboxylic acids is 1. The summed E-state index contributed by atoms with van der Waals surface area (Å²) in [5.74, 6) is -1.11. The minimum absolute atomic E-state index is 0.0911. The van der Waals surface area contributed by atoms with Gasteiger partial charge in [-0.1, -0.05) is 0 Å². The monoisotopic (exact) mass is 367 g/mol. The first-order valence-corrected chi connectivity index (χ1v) is 9.64. The summed E-state index contributed by atoms with van der Waals surface area (Å²) in [6.45, 7) is 3.83. The van der Waals surface area contributed by atoms with Gasteiger partial charge in [0, 0.05) is 51.9 Å². The average molecular weight is 367 g/mol. The number of amides is 3. The van der Waals surface area contributed by atoms with Gasteiger partial charge in [0.2, 0.25) is 5.91 Å². The van der Waals surface area contributed by atoms with Crippen LogP contribution in [0.25, 0.3) is 0 Å². The van der Waals surface area contributed by atoms with Crippen molar-refractivity contribution in [2.24, 2.45) is 11.3 Å². The minimum atomic E-state index is -0.916. The fraction of sp³-hybridized carbons (Fsp3) is 0.833. The first kappa shape index (κ1) is 18.9. The molecule has 0 aromatic heterocycles. The SMILES string of the molecule is O=C(NCC1(C(=O)O)CCOCC1)C1CCN(C(=O)N2CCCC2)CC1. The van der Waals surface area contributed by atoms with E-state index in [9.17, 15) is 19.5 Å². The smallest absolute Gasteiger partial charge is 0.319 e. The number of urea groups is 1. The van der Waals surface area contributed by atoms with Crippen molar-refractivity contribution in [3.8, 4) is 0 Å². The van der Waals surface area contributed by atoms with E-state index < -0.39 is 11.4 Å². The Hall–Kier alpha value is -1.83. The lowest BCUT2D eigenvalue weighted by molar-refractivity contribution is -0.154. The van der Waals surface area contributed by atoms with Crippen molar-refractivity contribution in [2.75, 3.05) is 45.9 Å². The van der Waals surface area contributed by atoms with Crippen LogP contribution < -0.4 is 5.32 Å². The maximum absolute atomic E-state index is 12.5. The zero-order chi connectivity index (χ0) is 18.6.